The molecule has 0 unspecified atom stereocenters. The summed E-state index contributed by atoms with van der Waals surface area (Å²) in [5.74, 6) is 0. The molecule has 34 heavy (non-hydrogen) atoms. The van der Waals surface area contributed by atoms with Gasteiger partial charge in [-0.1, -0.05) is 48.5 Å². The first-order valence-corrected chi connectivity index (χ1v) is 11.4. The highest BCUT2D eigenvalue weighted by Gasteiger charge is 2.24. The van der Waals surface area contributed by atoms with Crippen molar-refractivity contribution in [3.05, 3.63) is 102 Å². The van der Waals surface area contributed by atoms with E-state index < -0.39 is 0 Å². The van der Waals surface area contributed by atoms with Crippen molar-refractivity contribution in [2.75, 3.05) is 0 Å². The Morgan fingerprint density at radius 1 is 0.735 bits per heavy atom. The molecule has 0 saturated heterocycles. The summed E-state index contributed by atoms with van der Waals surface area (Å²) in [6.45, 7) is 4.12. The smallest absolute Gasteiger partial charge is 0.216 e. The molecule has 0 aliphatic heterocycles. The van der Waals surface area contributed by atoms with Gasteiger partial charge in [-0.05, 0) is 59.5 Å². The number of pyridine rings is 1. The number of aromatic nitrogens is 1. The highest BCUT2D eigenvalue weighted by molar-refractivity contribution is 6.14. The Balaban J connectivity index is 1.75. The van der Waals surface area contributed by atoms with E-state index >= 15 is 0 Å². The van der Waals surface area contributed by atoms with Crippen molar-refractivity contribution in [2.24, 2.45) is 7.05 Å². The number of hydrogen-bond acceptors (Lipinski definition) is 2. The third-order valence-electron chi connectivity index (χ3n) is 6.80. The molecule has 0 amide bonds. The fraction of sp³-hybridized carbons (Fsp3) is 0.0968. The molecular weight excluding hydrogens is 416 g/mol. The highest BCUT2D eigenvalue weighted by Crippen LogP contribution is 2.43. The van der Waals surface area contributed by atoms with E-state index in [0.29, 0.717) is 5.56 Å². The molecule has 3 nitrogen and oxygen atoms in total. The molecule has 2 heterocycles. The van der Waals surface area contributed by atoms with Crippen LogP contribution < -0.4 is 4.57 Å². The van der Waals surface area contributed by atoms with Crippen LogP contribution in [0.1, 0.15) is 16.7 Å². The lowest BCUT2D eigenvalue weighted by Crippen LogP contribution is -2.30. The largest absolute Gasteiger partial charge is 0.454 e. The number of hydrogen-bond donors (Lipinski definition) is 0. The average molecular weight is 440 g/mol. The van der Waals surface area contributed by atoms with Gasteiger partial charge in [0, 0.05) is 28.5 Å². The van der Waals surface area contributed by atoms with Gasteiger partial charge in [0.2, 0.25) is 5.69 Å². The number of nitrogens with zero attached hydrogens (tertiary/aromatic N) is 2. The molecule has 6 rings (SSSR count). The van der Waals surface area contributed by atoms with Crippen LogP contribution in [0.4, 0.5) is 0 Å². The van der Waals surface area contributed by atoms with Crippen molar-refractivity contribution in [2.45, 2.75) is 13.8 Å². The standard InChI is InChI=1S/C31H23N2O/c1-19-11-14-24-25-16-20(2)26(18-32)29(23-13-12-21-8-4-5-9-22(21)17-23)31(25)34-30(24)28(19)27-10-6-7-15-33(27)3/h4-17H,1-3H3/q+1. The maximum atomic E-state index is 10.1. The Bertz CT molecular complexity index is 1800. The van der Waals surface area contributed by atoms with E-state index in [-0.39, 0.29) is 0 Å². The van der Waals surface area contributed by atoms with Crippen LogP contribution in [-0.2, 0) is 7.05 Å². The molecule has 0 radical (unpaired) electrons. The lowest BCUT2D eigenvalue weighted by atomic mass is 9.92. The molecule has 0 atom stereocenters. The molecule has 0 fully saturated rings. The molecule has 162 valence electrons. The van der Waals surface area contributed by atoms with Crippen molar-refractivity contribution < 1.29 is 8.98 Å². The van der Waals surface area contributed by atoms with Crippen molar-refractivity contribution in [1.82, 2.24) is 0 Å². The van der Waals surface area contributed by atoms with Gasteiger partial charge in [0.05, 0.1) is 11.1 Å². The summed E-state index contributed by atoms with van der Waals surface area (Å²) in [6.07, 6.45) is 2.05. The lowest BCUT2D eigenvalue weighted by molar-refractivity contribution is -0.660. The fourth-order valence-electron chi connectivity index (χ4n) is 5.07. The van der Waals surface area contributed by atoms with Crippen LogP contribution >= 0.6 is 0 Å². The molecule has 0 N–H and O–H groups in total. The van der Waals surface area contributed by atoms with Crippen LogP contribution in [0.3, 0.4) is 0 Å². The van der Waals surface area contributed by atoms with E-state index in [4.69, 9.17) is 4.42 Å². The van der Waals surface area contributed by atoms with Gasteiger partial charge in [0.1, 0.15) is 24.3 Å². The van der Waals surface area contributed by atoms with Crippen molar-refractivity contribution in [3.63, 3.8) is 0 Å². The molecule has 0 aliphatic carbocycles. The van der Waals surface area contributed by atoms with Crippen molar-refractivity contribution >= 4 is 32.7 Å². The zero-order chi connectivity index (χ0) is 23.4. The Morgan fingerprint density at radius 3 is 2.29 bits per heavy atom. The summed E-state index contributed by atoms with van der Waals surface area (Å²) in [7, 11) is 2.05. The summed E-state index contributed by atoms with van der Waals surface area (Å²) in [5.41, 5.74) is 8.40. The monoisotopic (exact) mass is 439 g/mol. The second kappa shape index (κ2) is 7.57. The maximum Gasteiger partial charge on any atom is 0.216 e. The van der Waals surface area contributed by atoms with Gasteiger partial charge >= 0.3 is 0 Å². The third-order valence-corrected chi connectivity index (χ3v) is 6.80. The minimum absolute atomic E-state index is 0.658. The Kier molecular flexibility index (Phi) is 4.50. The van der Waals surface area contributed by atoms with Gasteiger partial charge in [-0.2, -0.15) is 5.26 Å². The number of furan rings is 1. The minimum atomic E-state index is 0.658. The second-order valence-electron chi connectivity index (χ2n) is 8.93. The van der Waals surface area contributed by atoms with Crippen LogP contribution in [0, 0.1) is 25.2 Å². The van der Waals surface area contributed by atoms with Gasteiger partial charge in [-0.3, -0.25) is 0 Å². The van der Waals surface area contributed by atoms with Crippen LogP contribution in [0.2, 0.25) is 0 Å². The SMILES string of the molecule is Cc1cc2c(oc3c(-c4cccc[n+]4C)c(C)ccc32)c(-c2ccc3ccccc3c2)c1C#N. The van der Waals surface area contributed by atoms with Gasteiger partial charge in [-0.15, -0.1) is 0 Å². The summed E-state index contributed by atoms with van der Waals surface area (Å²) >= 11 is 0. The average Bonchev–Trinajstić information content (AvgIpc) is 3.21. The lowest BCUT2D eigenvalue weighted by Gasteiger charge is -2.09. The van der Waals surface area contributed by atoms with Gasteiger partial charge in [0.25, 0.3) is 0 Å². The van der Waals surface area contributed by atoms with E-state index in [9.17, 15) is 5.26 Å². The number of nitriles is 1. The first-order chi connectivity index (χ1) is 16.6. The predicted octanol–water partition coefficient (Wildman–Crippen LogP) is 7.39. The first kappa shape index (κ1) is 20.2. The molecule has 2 aromatic heterocycles. The summed E-state index contributed by atoms with van der Waals surface area (Å²) in [4.78, 5) is 0. The molecule has 0 bridgehead atoms. The number of benzene rings is 4. The van der Waals surface area contributed by atoms with Crippen molar-refractivity contribution in [3.8, 4) is 28.5 Å². The molecule has 0 aliphatic rings. The number of fused-ring (bicyclic) bond motifs is 4. The van der Waals surface area contributed by atoms with Crippen LogP contribution in [0.25, 0.3) is 55.1 Å². The number of aryl methyl sites for hydroxylation is 3. The van der Waals surface area contributed by atoms with E-state index in [1.165, 1.54) is 5.39 Å². The molecule has 4 aromatic carbocycles. The normalized spacial score (nSPS) is 11.4. The molecule has 0 spiro atoms. The highest BCUT2D eigenvalue weighted by atomic mass is 16.3. The van der Waals surface area contributed by atoms with E-state index in [1.807, 2.05) is 25.1 Å². The molecular formula is C31H23N2O+. The molecule has 6 aromatic rings. The summed E-state index contributed by atoms with van der Waals surface area (Å²) < 4.78 is 8.82. The zero-order valence-corrected chi connectivity index (χ0v) is 19.4. The van der Waals surface area contributed by atoms with Crippen LogP contribution in [0.5, 0.6) is 0 Å². The van der Waals surface area contributed by atoms with Gasteiger partial charge < -0.3 is 4.42 Å². The van der Waals surface area contributed by atoms with Crippen LogP contribution in [0.15, 0.2) is 89.5 Å². The fourth-order valence-corrected chi connectivity index (χ4v) is 5.07. The topological polar surface area (TPSA) is 40.8 Å². The van der Waals surface area contributed by atoms with E-state index in [0.717, 1.165) is 60.8 Å². The predicted molar refractivity (Wildman–Crippen MR) is 137 cm³/mol. The Hall–Kier alpha value is -4.42. The zero-order valence-electron chi connectivity index (χ0n) is 19.4. The van der Waals surface area contributed by atoms with Gasteiger partial charge in [0.15, 0.2) is 6.20 Å². The third kappa shape index (κ3) is 2.93. The summed E-state index contributed by atoms with van der Waals surface area (Å²) in [5, 5.41) is 14.5. The van der Waals surface area contributed by atoms with E-state index in [2.05, 4.69) is 91.5 Å². The molecule has 3 heteroatoms. The van der Waals surface area contributed by atoms with Crippen molar-refractivity contribution in [1.29, 1.82) is 5.26 Å². The maximum absolute atomic E-state index is 10.1. The first-order valence-electron chi connectivity index (χ1n) is 11.4. The van der Waals surface area contributed by atoms with E-state index in [1.54, 1.807) is 0 Å². The quantitative estimate of drug-likeness (QED) is 0.264. The number of rotatable bonds is 2. The minimum Gasteiger partial charge on any atom is -0.454 e. The Labute approximate surface area is 198 Å². The Morgan fingerprint density at radius 2 is 1.50 bits per heavy atom. The van der Waals surface area contributed by atoms with Gasteiger partial charge in [-0.25, -0.2) is 4.57 Å². The molecule has 0 saturated carbocycles. The van der Waals surface area contributed by atoms with Crippen LogP contribution in [-0.4, -0.2) is 0 Å². The second-order valence-corrected chi connectivity index (χ2v) is 8.93. The summed E-state index contributed by atoms with van der Waals surface area (Å²) in [6, 6.07) is 29.7.